The summed E-state index contributed by atoms with van der Waals surface area (Å²) in [6.07, 6.45) is 0. The predicted molar refractivity (Wildman–Crippen MR) is 110 cm³/mol. The van der Waals surface area contributed by atoms with Crippen molar-refractivity contribution in [2.24, 2.45) is 0 Å². The molecule has 6 nitrogen and oxygen atoms in total. The van der Waals surface area contributed by atoms with Crippen molar-refractivity contribution in [2.45, 2.75) is 6.92 Å². The number of methoxy groups -OCH3 is 1. The van der Waals surface area contributed by atoms with E-state index in [4.69, 9.17) is 9.72 Å². The lowest BCUT2D eigenvalue weighted by molar-refractivity contribution is 0.208. The fourth-order valence-corrected chi connectivity index (χ4v) is 4.19. The lowest BCUT2D eigenvalue weighted by Crippen LogP contribution is -2.50. The molecule has 0 unspecified atom stereocenters. The Bertz CT molecular complexity index is 946. The van der Waals surface area contributed by atoms with Crippen LogP contribution in [0.2, 0.25) is 0 Å². The number of hydrogen-bond donors (Lipinski definition) is 1. The topological polar surface area (TPSA) is 57.7 Å². The number of hydrogen-bond acceptors (Lipinski definition) is 5. The summed E-state index contributed by atoms with van der Waals surface area (Å²) in [6.45, 7) is 4.91. The molecule has 7 heteroatoms. The largest absolute Gasteiger partial charge is 0.494 e. The van der Waals surface area contributed by atoms with E-state index >= 15 is 0 Å². The average Bonchev–Trinajstić information content (AvgIpc) is 3.14. The number of nitrogens with one attached hydrogen (secondary N) is 1. The minimum atomic E-state index is -0.0514. The molecule has 1 aliphatic rings. The van der Waals surface area contributed by atoms with Gasteiger partial charge in [-0.05, 0) is 31.2 Å². The fourth-order valence-electron chi connectivity index (χ4n) is 3.15. The van der Waals surface area contributed by atoms with Crippen molar-refractivity contribution in [3.63, 3.8) is 0 Å². The van der Waals surface area contributed by atoms with Gasteiger partial charge in [0.25, 0.3) is 0 Å². The first kappa shape index (κ1) is 17.6. The second-order valence-corrected chi connectivity index (χ2v) is 7.58. The fraction of sp³-hybridized carbons (Fsp3) is 0.300. The molecule has 0 saturated carbocycles. The van der Waals surface area contributed by atoms with Gasteiger partial charge >= 0.3 is 6.03 Å². The third kappa shape index (κ3) is 3.68. The molecule has 27 heavy (non-hydrogen) atoms. The van der Waals surface area contributed by atoms with Crippen LogP contribution in [-0.2, 0) is 0 Å². The molecule has 1 fully saturated rings. The third-order valence-corrected chi connectivity index (χ3v) is 5.81. The molecule has 1 N–H and O–H groups in total. The van der Waals surface area contributed by atoms with Crippen LogP contribution in [0.15, 0.2) is 42.5 Å². The Morgan fingerprint density at radius 1 is 1.11 bits per heavy atom. The molecule has 0 spiro atoms. The van der Waals surface area contributed by atoms with E-state index in [0.717, 1.165) is 39.9 Å². The Labute approximate surface area is 162 Å². The van der Waals surface area contributed by atoms with Crippen molar-refractivity contribution >= 4 is 38.4 Å². The number of fused-ring (bicyclic) bond motifs is 1. The van der Waals surface area contributed by atoms with E-state index in [-0.39, 0.29) is 6.03 Å². The van der Waals surface area contributed by atoms with Crippen LogP contribution in [0.25, 0.3) is 10.2 Å². The maximum Gasteiger partial charge on any atom is 0.321 e. The van der Waals surface area contributed by atoms with Gasteiger partial charge in [-0.3, -0.25) is 0 Å². The minimum absolute atomic E-state index is 0.0514. The van der Waals surface area contributed by atoms with Gasteiger partial charge in [0.2, 0.25) is 0 Å². The number of piperazine rings is 1. The van der Waals surface area contributed by atoms with Crippen molar-refractivity contribution in [3.05, 3.63) is 48.0 Å². The van der Waals surface area contributed by atoms with E-state index in [2.05, 4.69) is 16.3 Å². The lowest BCUT2D eigenvalue weighted by atomic mass is 10.2. The summed E-state index contributed by atoms with van der Waals surface area (Å²) in [5, 5.41) is 3.95. The van der Waals surface area contributed by atoms with Gasteiger partial charge in [-0.15, -0.1) is 0 Å². The predicted octanol–water partition coefficient (Wildman–Crippen LogP) is 3.97. The molecule has 1 saturated heterocycles. The molecule has 0 radical (unpaired) electrons. The number of carbonyl (C=O) groups excluding carboxylic acids is 1. The summed E-state index contributed by atoms with van der Waals surface area (Å²) in [7, 11) is 1.67. The molecular weight excluding hydrogens is 360 g/mol. The van der Waals surface area contributed by atoms with Gasteiger partial charge in [0.15, 0.2) is 5.13 Å². The van der Waals surface area contributed by atoms with Crippen LogP contribution in [0, 0.1) is 6.92 Å². The Morgan fingerprint density at radius 2 is 1.85 bits per heavy atom. The van der Waals surface area contributed by atoms with Crippen molar-refractivity contribution in [2.75, 3.05) is 43.5 Å². The van der Waals surface area contributed by atoms with Crippen LogP contribution in [-0.4, -0.2) is 49.2 Å². The maximum atomic E-state index is 12.5. The second-order valence-electron chi connectivity index (χ2n) is 6.57. The van der Waals surface area contributed by atoms with Gasteiger partial charge in [-0.2, -0.15) is 0 Å². The molecule has 2 amide bonds. The van der Waals surface area contributed by atoms with Crippen LogP contribution in [0.4, 0.5) is 15.6 Å². The summed E-state index contributed by atoms with van der Waals surface area (Å²) < 4.78 is 6.52. The zero-order valence-electron chi connectivity index (χ0n) is 15.4. The third-order valence-electron chi connectivity index (χ3n) is 4.73. The number of ether oxygens (including phenoxy) is 1. The normalized spacial score (nSPS) is 14.4. The van der Waals surface area contributed by atoms with Gasteiger partial charge in [-0.25, -0.2) is 9.78 Å². The molecule has 1 aliphatic heterocycles. The molecule has 1 aromatic heterocycles. The highest BCUT2D eigenvalue weighted by atomic mass is 32.1. The first-order valence-electron chi connectivity index (χ1n) is 8.95. The molecule has 4 rings (SSSR count). The first-order chi connectivity index (χ1) is 13.1. The van der Waals surface area contributed by atoms with Gasteiger partial charge < -0.3 is 19.9 Å². The highest BCUT2D eigenvalue weighted by molar-refractivity contribution is 7.22. The zero-order valence-corrected chi connectivity index (χ0v) is 16.3. The second kappa shape index (κ2) is 7.44. The Morgan fingerprint density at radius 3 is 2.56 bits per heavy atom. The average molecular weight is 382 g/mol. The number of anilines is 2. The maximum absolute atomic E-state index is 12.5. The lowest BCUT2D eigenvalue weighted by Gasteiger charge is -2.34. The number of aromatic nitrogens is 1. The van der Waals surface area contributed by atoms with Crippen LogP contribution >= 0.6 is 11.3 Å². The quantitative estimate of drug-likeness (QED) is 0.745. The molecular formula is C20H22N4O2S. The molecule has 0 atom stereocenters. The SMILES string of the molecule is COc1cccc2sc(N3CCN(C(=O)Nc4ccc(C)cc4)CC3)nc12. The number of amides is 2. The van der Waals surface area contributed by atoms with Crippen LogP contribution < -0.4 is 15.0 Å². The molecule has 2 heterocycles. The minimum Gasteiger partial charge on any atom is -0.494 e. The molecule has 140 valence electrons. The summed E-state index contributed by atoms with van der Waals surface area (Å²) in [4.78, 5) is 21.3. The Balaban J connectivity index is 1.40. The number of nitrogens with zero attached hydrogens (tertiary/aromatic N) is 3. The van der Waals surface area contributed by atoms with Gasteiger partial charge in [0.1, 0.15) is 11.3 Å². The highest BCUT2D eigenvalue weighted by Gasteiger charge is 2.23. The molecule has 2 aromatic carbocycles. The van der Waals surface area contributed by atoms with Crippen LogP contribution in [0.5, 0.6) is 5.75 Å². The van der Waals surface area contributed by atoms with Crippen molar-refractivity contribution in [3.8, 4) is 5.75 Å². The van der Waals surface area contributed by atoms with Crippen molar-refractivity contribution < 1.29 is 9.53 Å². The smallest absolute Gasteiger partial charge is 0.321 e. The van der Waals surface area contributed by atoms with E-state index < -0.39 is 0 Å². The number of rotatable bonds is 3. The van der Waals surface area contributed by atoms with E-state index in [1.807, 2.05) is 48.2 Å². The number of aryl methyl sites for hydroxylation is 1. The molecule has 0 aliphatic carbocycles. The number of urea groups is 1. The molecule has 0 bridgehead atoms. The monoisotopic (exact) mass is 382 g/mol. The molecule has 3 aromatic rings. The van der Waals surface area contributed by atoms with Gasteiger partial charge in [0.05, 0.1) is 11.8 Å². The van der Waals surface area contributed by atoms with E-state index in [0.29, 0.717) is 13.1 Å². The summed E-state index contributed by atoms with van der Waals surface area (Å²) in [5.41, 5.74) is 2.90. The zero-order chi connectivity index (χ0) is 18.8. The van der Waals surface area contributed by atoms with Crippen LogP contribution in [0.1, 0.15) is 5.56 Å². The van der Waals surface area contributed by atoms with E-state index in [9.17, 15) is 4.79 Å². The van der Waals surface area contributed by atoms with Crippen molar-refractivity contribution in [1.29, 1.82) is 0 Å². The van der Waals surface area contributed by atoms with Gasteiger partial charge in [0, 0.05) is 31.9 Å². The Hall–Kier alpha value is -2.80. The first-order valence-corrected chi connectivity index (χ1v) is 9.77. The summed E-state index contributed by atoms with van der Waals surface area (Å²) in [6, 6.07) is 13.8. The van der Waals surface area contributed by atoms with E-state index in [1.165, 1.54) is 5.56 Å². The standard InChI is InChI=1S/C20H22N4O2S/c1-14-6-8-15(9-7-14)21-19(25)23-10-12-24(13-11-23)20-22-18-16(26-2)4-3-5-17(18)27-20/h3-9H,10-13H2,1-2H3,(H,21,25). The van der Waals surface area contributed by atoms with Crippen molar-refractivity contribution in [1.82, 2.24) is 9.88 Å². The summed E-state index contributed by atoms with van der Waals surface area (Å²) >= 11 is 1.66. The van der Waals surface area contributed by atoms with Gasteiger partial charge in [-0.1, -0.05) is 35.1 Å². The number of para-hydroxylation sites is 1. The number of carbonyl (C=O) groups is 1. The summed E-state index contributed by atoms with van der Waals surface area (Å²) in [5.74, 6) is 0.797. The van der Waals surface area contributed by atoms with Crippen LogP contribution in [0.3, 0.4) is 0 Å². The number of thiazole rings is 1. The van der Waals surface area contributed by atoms with E-state index in [1.54, 1.807) is 18.4 Å². The Kier molecular flexibility index (Phi) is 4.85. The number of benzene rings is 2. The highest BCUT2D eigenvalue weighted by Crippen LogP contribution is 2.34.